The number of carbonyl (C=O) groups excluding carboxylic acids is 1. The van der Waals surface area contributed by atoms with Crippen LogP contribution in [0.15, 0.2) is 31.0 Å². The van der Waals surface area contributed by atoms with E-state index in [2.05, 4.69) is 15.2 Å². The summed E-state index contributed by atoms with van der Waals surface area (Å²) >= 11 is 0. The lowest BCUT2D eigenvalue weighted by Gasteiger charge is -2.22. The van der Waals surface area contributed by atoms with Crippen LogP contribution in [0.4, 0.5) is 0 Å². The summed E-state index contributed by atoms with van der Waals surface area (Å²) in [5.41, 5.74) is 0.497. The smallest absolute Gasteiger partial charge is 0.254 e. The minimum atomic E-state index is -0.637. The number of amides is 1. The van der Waals surface area contributed by atoms with Gasteiger partial charge in [0.2, 0.25) is 0 Å². The van der Waals surface area contributed by atoms with Crippen LogP contribution >= 0.6 is 0 Å². The van der Waals surface area contributed by atoms with Gasteiger partial charge in [0.05, 0.1) is 12.7 Å². The van der Waals surface area contributed by atoms with Crippen molar-refractivity contribution in [1.82, 2.24) is 29.5 Å². The highest BCUT2D eigenvalue weighted by atomic mass is 16.3. The van der Waals surface area contributed by atoms with E-state index in [0.717, 1.165) is 0 Å². The monoisotopic (exact) mass is 332 g/mol. The quantitative estimate of drug-likeness (QED) is 0.722. The summed E-state index contributed by atoms with van der Waals surface area (Å²) in [5, 5.41) is 26.6. The molecule has 24 heavy (non-hydrogen) atoms. The van der Waals surface area contributed by atoms with Crippen molar-refractivity contribution in [3.05, 3.63) is 36.5 Å². The zero-order chi connectivity index (χ0) is 16.9. The zero-order valence-corrected chi connectivity index (χ0v) is 13.2. The predicted octanol–water partition coefficient (Wildman–Crippen LogP) is -1.23. The number of hydrogen-bond donors (Lipinski definition) is 2. The average molecular weight is 332 g/mol. The molecule has 1 aliphatic rings. The van der Waals surface area contributed by atoms with Crippen molar-refractivity contribution >= 4 is 5.91 Å². The van der Waals surface area contributed by atoms with Crippen LogP contribution in [0, 0.1) is 0 Å². The van der Waals surface area contributed by atoms with E-state index in [0.29, 0.717) is 37.6 Å². The second-order valence-corrected chi connectivity index (χ2v) is 5.70. The molecular formula is C15H20N6O3. The number of nitrogens with zero attached hydrogens (tertiary/aromatic N) is 6. The van der Waals surface area contributed by atoms with Crippen LogP contribution in [-0.4, -0.2) is 91.1 Å². The molecule has 1 aliphatic heterocycles. The fourth-order valence-corrected chi connectivity index (χ4v) is 2.78. The number of carbonyl (C=O) groups is 1. The Labute approximate surface area is 139 Å². The van der Waals surface area contributed by atoms with Gasteiger partial charge in [-0.05, 0) is 12.1 Å². The Kier molecular flexibility index (Phi) is 5.14. The van der Waals surface area contributed by atoms with Crippen molar-refractivity contribution in [2.24, 2.45) is 0 Å². The molecule has 1 saturated heterocycles. The fraction of sp³-hybridized carbons (Fsp3) is 0.467. The third kappa shape index (κ3) is 3.75. The second kappa shape index (κ2) is 7.47. The maximum absolute atomic E-state index is 12.8. The SMILES string of the molecule is O=C(c1ccnc(-n2cnnc2)c1)N1CCN(CCO)C[C@@H](O)C1. The summed E-state index contributed by atoms with van der Waals surface area (Å²) in [7, 11) is 0. The molecule has 1 fully saturated rings. The lowest BCUT2D eigenvalue weighted by molar-refractivity contribution is 0.0661. The minimum absolute atomic E-state index is 0.0350. The lowest BCUT2D eigenvalue weighted by Crippen LogP contribution is -2.37. The molecule has 0 unspecified atom stereocenters. The molecule has 128 valence electrons. The lowest BCUT2D eigenvalue weighted by atomic mass is 10.2. The fourth-order valence-electron chi connectivity index (χ4n) is 2.78. The number of aliphatic hydroxyl groups excluding tert-OH is 2. The van der Waals surface area contributed by atoms with Gasteiger partial charge in [-0.25, -0.2) is 4.98 Å². The van der Waals surface area contributed by atoms with Crippen molar-refractivity contribution in [3.8, 4) is 5.82 Å². The first-order chi connectivity index (χ1) is 11.7. The molecule has 0 aromatic carbocycles. The molecule has 1 atom stereocenters. The average Bonchev–Trinajstić information content (AvgIpc) is 3.06. The molecule has 9 heteroatoms. The normalized spacial score (nSPS) is 19.2. The molecule has 3 rings (SSSR count). The van der Waals surface area contributed by atoms with Crippen molar-refractivity contribution in [2.45, 2.75) is 6.10 Å². The van der Waals surface area contributed by atoms with E-state index in [4.69, 9.17) is 5.11 Å². The van der Waals surface area contributed by atoms with E-state index in [9.17, 15) is 9.90 Å². The Balaban J connectivity index is 1.75. The summed E-state index contributed by atoms with van der Waals surface area (Å²) < 4.78 is 1.62. The van der Waals surface area contributed by atoms with Gasteiger partial charge in [-0.3, -0.25) is 14.3 Å². The van der Waals surface area contributed by atoms with E-state index in [1.807, 2.05) is 4.90 Å². The molecule has 1 amide bonds. The van der Waals surface area contributed by atoms with Crippen LogP contribution in [-0.2, 0) is 0 Å². The van der Waals surface area contributed by atoms with E-state index < -0.39 is 6.10 Å². The highest BCUT2D eigenvalue weighted by Gasteiger charge is 2.25. The molecule has 0 bridgehead atoms. The van der Waals surface area contributed by atoms with Crippen LogP contribution in [0.3, 0.4) is 0 Å². The Hall–Kier alpha value is -2.36. The summed E-state index contributed by atoms with van der Waals surface area (Å²) in [6.45, 7) is 2.37. The Morgan fingerprint density at radius 1 is 1.25 bits per heavy atom. The molecule has 2 N–H and O–H groups in total. The van der Waals surface area contributed by atoms with Gasteiger partial charge in [0.15, 0.2) is 0 Å². The zero-order valence-electron chi connectivity index (χ0n) is 13.2. The molecule has 0 saturated carbocycles. The maximum Gasteiger partial charge on any atom is 0.254 e. The number of aromatic nitrogens is 4. The molecule has 2 aromatic heterocycles. The largest absolute Gasteiger partial charge is 0.395 e. The van der Waals surface area contributed by atoms with E-state index in [1.165, 1.54) is 12.7 Å². The molecule has 3 heterocycles. The molecule has 0 aliphatic carbocycles. The summed E-state index contributed by atoms with van der Waals surface area (Å²) in [6, 6.07) is 3.33. The van der Waals surface area contributed by atoms with E-state index in [-0.39, 0.29) is 19.1 Å². The number of hydrogen-bond acceptors (Lipinski definition) is 7. The Morgan fingerprint density at radius 3 is 2.79 bits per heavy atom. The molecular weight excluding hydrogens is 312 g/mol. The maximum atomic E-state index is 12.8. The standard InChI is InChI=1S/C15H20N6O3/c22-6-5-19-3-4-20(9-13(23)8-19)15(24)12-1-2-16-14(7-12)21-10-17-18-11-21/h1-2,7,10-11,13,22-23H,3-6,8-9H2/t13-/m1/s1. The van der Waals surface area contributed by atoms with Crippen molar-refractivity contribution in [2.75, 3.05) is 39.3 Å². The summed E-state index contributed by atoms with van der Waals surface area (Å²) in [6.07, 6.45) is 3.95. The third-order valence-electron chi connectivity index (χ3n) is 3.97. The van der Waals surface area contributed by atoms with Crippen LogP contribution in [0.25, 0.3) is 5.82 Å². The third-order valence-corrected chi connectivity index (χ3v) is 3.97. The number of pyridine rings is 1. The van der Waals surface area contributed by atoms with Crippen molar-refractivity contribution in [1.29, 1.82) is 0 Å². The van der Waals surface area contributed by atoms with Crippen molar-refractivity contribution in [3.63, 3.8) is 0 Å². The number of aliphatic hydroxyl groups is 2. The summed E-state index contributed by atoms with van der Waals surface area (Å²) in [4.78, 5) is 20.6. The van der Waals surface area contributed by atoms with E-state index in [1.54, 1.807) is 27.8 Å². The van der Waals surface area contributed by atoms with Crippen LogP contribution in [0.2, 0.25) is 0 Å². The molecule has 0 radical (unpaired) electrons. The van der Waals surface area contributed by atoms with Gasteiger partial charge in [-0.15, -0.1) is 10.2 Å². The Bertz CT molecular complexity index is 678. The Morgan fingerprint density at radius 2 is 2.04 bits per heavy atom. The molecule has 9 nitrogen and oxygen atoms in total. The second-order valence-electron chi connectivity index (χ2n) is 5.70. The molecule has 0 spiro atoms. The van der Waals surface area contributed by atoms with E-state index >= 15 is 0 Å². The molecule has 2 aromatic rings. The van der Waals surface area contributed by atoms with Gasteiger partial charge in [-0.2, -0.15) is 0 Å². The number of rotatable bonds is 4. The van der Waals surface area contributed by atoms with Gasteiger partial charge in [0.1, 0.15) is 18.5 Å². The van der Waals surface area contributed by atoms with Gasteiger partial charge < -0.3 is 15.1 Å². The highest BCUT2D eigenvalue weighted by Crippen LogP contribution is 2.12. The first kappa shape index (κ1) is 16.5. The predicted molar refractivity (Wildman–Crippen MR) is 84.6 cm³/mol. The van der Waals surface area contributed by atoms with Crippen LogP contribution in [0.1, 0.15) is 10.4 Å². The van der Waals surface area contributed by atoms with Crippen LogP contribution in [0.5, 0.6) is 0 Å². The first-order valence-corrected chi connectivity index (χ1v) is 7.79. The van der Waals surface area contributed by atoms with Gasteiger partial charge in [0, 0.05) is 44.5 Å². The highest BCUT2D eigenvalue weighted by molar-refractivity contribution is 5.94. The van der Waals surface area contributed by atoms with Gasteiger partial charge in [0.25, 0.3) is 5.91 Å². The van der Waals surface area contributed by atoms with Crippen molar-refractivity contribution < 1.29 is 15.0 Å². The van der Waals surface area contributed by atoms with Crippen LogP contribution < -0.4 is 0 Å². The van der Waals surface area contributed by atoms with Gasteiger partial charge >= 0.3 is 0 Å². The summed E-state index contributed by atoms with van der Waals surface area (Å²) in [5.74, 6) is 0.403. The van der Waals surface area contributed by atoms with Gasteiger partial charge in [-0.1, -0.05) is 0 Å². The topological polar surface area (TPSA) is 108 Å². The number of β-amino-alcohol motifs (C(OH)–C–C–N with tert-alkyl or cyclic N) is 2. The minimum Gasteiger partial charge on any atom is -0.395 e. The first-order valence-electron chi connectivity index (χ1n) is 7.79.